The van der Waals surface area contributed by atoms with Gasteiger partial charge in [0.05, 0.1) is 6.61 Å². The molecule has 1 N–H and O–H groups in total. The van der Waals surface area contributed by atoms with Gasteiger partial charge in [-0.15, -0.1) is 0 Å². The zero-order chi connectivity index (χ0) is 11.9. The Morgan fingerprint density at radius 1 is 1.59 bits per heavy atom. The second-order valence-electron chi connectivity index (χ2n) is 4.38. The zero-order valence-electron chi connectivity index (χ0n) is 9.85. The van der Waals surface area contributed by atoms with E-state index in [1.165, 1.54) is 12.8 Å². The van der Waals surface area contributed by atoms with Crippen LogP contribution in [0.2, 0.25) is 0 Å². The summed E-state index contributed by atoms with van der Waals surface area (Å²) in [5.41, 5.74) is 1.58. The number of nitriles is 1. The van der Waals surface area contributed by atoms with Gasteiger partial charge in [0, 0.05) is 25.9 Å². The number of hydrogen-bond acceptors (Lipinski definition) is 4. The van der Waals surface area contributed by atoms with Gasteiger partial charge in [0.15, 0.2) is 0 Å². The predicted octanol–water partition coefficient (Wildman–Crippen LogP) is 1.47. The number of nitrogens with zero attached hydrogens (tertiary/aromatic N) is 2. The van der Waals surface area contributed by atoms with Crippen LogP contribution < -0.4 is 5.32 Å². The van der Waals surface area contributed by atoms with E-state index in [0.717, 1.165) is 31.9 Å². The lowest BCUT2D eigenvalue weighted by Gasteiger charge is -2.22. The molecule has 0 spiro atoms. The van der Waals surface area contributed by atoms with Gasteiger partial charge in [-0.25, -0.2) is 4.98 Å². The first-order chi connectivity index (χ1) is 8.38. The van der Waals surface area contributed by atoms with Crippen LogP contribution in [0.4, 0.5) is 0 Å². The lowest BCUT2D eigenvalue weighted by atomic mass is 10.0. The van der Waals surface area contributed by atoms with E-state index in [4.69, 9.17) is 10.00 Å². The SMILES string of the molecule is N#Cc1cc(CNCC2CCCOC2)ccn1. The molecule has 0 bridgehead atoms. The molecular formula is C13H17N3O. The molecule has 2 heterocycles. The van der Waals surface area contributed by atoms with Crippen LogP contribution in [0.3, 0.4) is 0 Å². The molecule has 0 aromatic carbocycles. The third kappa shape index (κ3) is 3.81. The van der Waals surface area contributed by atoms with Crippen molar-refractivity contribution in [3.05, 3.63) is 29.6 Å². The fourth-order valence-electron chi connectivity index (χ4n) is 2.03. The Balaban J connectivity index is 1.75. The van der Waals surface area contributed by atoms with E-state index in [1.54, 1.807) is 6.20 Å². The first-order valence-corrected chi connectivity index (χ1v) is 6.02. The summed E-state index contributed by atoms with van der Waals surface area (Å²) >= 11 is 0. The topological polar surface area (TPSA) is 57.9 Å². The highest BCUT2D eigenvalue weighted by molar-refractivity contribution is 5.25. The fourth-order valence-corrected chi connectivity index (χ4v) is 2.03. The second kappa shape index (κ2) is 6.33. The van der Waals surface area contributed by atoms with Crippen LogP contribution in [-0.2, 0) is 11.3 Å². The van der Waals surface area contributed by atoms with Gasteiger partial charge in [-0.2, -0.15) is 5.26 Å². The van der Waals surface area contributed by atoms with E-state index < -0.39 is 0 Å². The molecule has 2 rings (SSSR count). The smallest absolute Gasteiger partial charge is 0.140 e. The first-order valence-electron chi connectivity index (χ1n) is 6.02. The van der Waals surface area contributed by atoms with E-state index in [9.17, 15) is 0 Å². The molecule has 0 saturated carbocycles. The van der Waals surface area contributed by atoms with Crippen LogP contribution in [0.15, 0.2) is 18.3 Å². The molecule has 1 aromatic heterocycles. The summed E-state index contributed by atoms with van der Waals surface area (Å²) < 4.78 is 5.43. The van der Waals surface area contributed by atoms with Crippen LogP contribution in [0.25, 0.3) is 0 Å². The van der Waals surface area contributed by atoms with Crippen molar-refractivity contribution >= 4 is 0 Å². The van der Waals surface area contributed by atoms with Gasteiger partial charge < -0.3 is 10.1 Å². The van der Waals surface area contributed by atoms with Gasteiger partial charge in [-0.3, -0.25) is 0 Å². The molecule has 1 aliphatic rings. The van der Waals surface area contributed by atoms with Crippen molar-refractivity contribution < 1.29 is 4.74 Å². The minimum Gasteiger partial charge on any atom is -0.381 e. The number of hydrogen-bond donors (Lipinski definition) is 1. The largest absolute Gasteiger partial charge is 0.381 e. The van der Waals surface area contributed by atoms with Gasteiger partial charge in [-0.05, 0) is 36.5 Å². The molecule has 1 aliphatic heterocycles. The molecule has 0 amide bonds. The maximum atomic E-state index is 8.74. The predicted molar refractivity (Wildman–Crippen MR) is 64.2 cm³/mol. The van der Waals surface area contributed by atoms with Gasteiger partial charge in [0.1, 0.15) is 11.8 Å². The van der Waals surface area contributed by atoms with Crippen molar-refractivity contribution in [2.45, 2.75) is 19.4 Å². The van der Waals surface area contributed by atoms with Gasteiger partial charge in [0.25, 0.3) is 0 Å². The van der Waals surface area contributed by atoms with E-state index in [1.807, 2.05) is 18.2 Å². The number of nitrogens with one attached hydrogen (secondary N) is 1. The lowest BCUT2D eigenvalue weighted by molar-refractivity contribution is 0.0547. The number of pyridine rings is 1. The maximum absolute atomic E-state index is 8.74. The van der Waals surface area contributed by atoms with E-state index >= 15 is 0 Å². The average Bonchev–Trinajstić information content (AvgIpc) is 2.40. The Morgan fingerprint density at radius 3 is 3.29 bits per heavy atom. The summed E-state index contributed by atoms with van der Waals surface area (Å²) in [4.78, 5) is 3.95. The highest BCUT2D eigenvalue weighted by atomic mass is 16.5. The Labute approximate surface area is 102 Å². The maximum Gasteiger partial charge on any atom is 0.140 e. The summed E-state index contributed by atoms with van der Waals surface area (Å²) in [6, 6.07) is 5.81. The Bertz CT molecular complexity index is 394. The highest BCUT2D eigenvalue weighted by Gasteiger charge is 2.12. The Kier molecular flexibility index (Phi) is 4.48. The van der Waals surface area contributed by atoms with Gasteiger partial charge in [0.2, 0.25) is 0 Å². The van der Waals surface area contributed by atoms with Crippen LogP contribution in [0, 0.1) is 17.2 Å². The second-order valence-corrected chi connectivity index (χ2v) is 4.38. The first kappa shape index (κ1) is 12.0. The molecular weight excluding hydrogens is 214 g/mol. The van der Waals surface area contributed by atoms with Crippen molar-refractivity contribution in [1.82, 2.24) is 10.3 Å². The average molecular weight is 231 g/mol. The minimum atomic E-state index is 0.477. The summed E-state index contributed by atoms with van der Waals surface area (Å²) in [5, 5.41) is 12.1. The summed E-state index contributed by atoms with van der Waals surface area (Å²) in [7, 11) is 0. The molecule has 1 fully saturated rings. The highest BCUT2D eigenvalue weighted by Crippen LogP contribution is 2.12. The quantitative estimate of drug-likeness (QED) is 0.852. The number of rotatable bonds is 4. The summed E-state index contributed by atoms with van der Waals surface area (Å²) in [6.07, 6.45) is 4.09. The molecule has 4 heteroatoms. The van der Waals surface area contributed by atoms with Gasteiger partial charge in [-0.1, -0.05) is 0 Å². The standard InChI is InChI=1S/C13H17N3O/c14-7-13-6-11(3-4-16-13)8-15-9-12-2-1-5-17-10-12/h3-4,6,12,15H,1-2,5,8-10H2. The van der Waals surface area contributed by atoms with Crippen molar-refractivity contribution in [2.75, 3.05) is 19.8 Å². The number of aromatic nitrogens is 1. The van der Waals surface area contributed by atoms with E-state index in [0.29, 0.717) is 11.6 Å². The normalized spacial score (nSPS) is 19.8. The van der Waals surface area contributed by atoms with Crippen molar-refractivity contribution in [3.63, 3.8) is 0 Å². The molecule has 4 nitrogen and oxygen atoms in total. The molecule has 90 valence electrons. The molecule has 0 aliphatic carbocycles. The molecule has 1 saturated heterocycles. The minimum absolute atomic E-state index is 0.477. The fraction of sp³-hybridized carbons (Fsp3) is 0.538. The molecule has 1 unspecified atom stereocenters. The molecule has 1 aromatic rings. The van der Waals surface area contributed by atoms with E-state index in [2.05, 4.69) is 10.3 Å². The van der Waals surface area contributed by atoms with Crippen molar-refractivity contribution in [3.8, 4) is 6.07 Å². The zero-order valence-corrected chi connectivity index (χ0v) is 9.85. The molecule has 17 heavy (non-hydrogen) atoms. The monoisotopic (exact) mass is 231 g/mol. The van der Waals surface area contributed by atoms with Crippen LogP contribution >= 0.6 is 0 Å². The third-order valence-corrected chi connectivity index (χ3v) is 2.96. The van der Waals surface area contributed by atoms with Crippen LogP contribution in [-0.4, -0.2) is 24.7 Å². The molecule has 0 radical (unpaired) electrons. The van der Waals surface area contributed by atoms with Crippen LogP contribution in [0.5, 0.6) is 0 Å². The summed E-state index contributed by atoms with van der Waals surface area (Å²) in [5.74, 6) is 0.626. The van der Waals surface area contributed by atoms with Gasteiger partial charge >= 0.3 is 0 Å². The lowest BCUT2D eigenvalue weighted by Crippen LogP contribution is -2.28. The third-order valence-electron chi connectivity index (χ3n) is 2.96. The van der Waals surface area contributed by atoms with Crippen LogP contribution in [0.1, 0.15) is 24.1 Å². The van der Waals surface area contributed by atoms with E-state index in [-0.39, 0.29) is 0 Å². The molecule has 1 atom stereocenters. The summed E-state index contributed by atoms with van der Waals surface area (Å²) in [6.45, 7) is 3.54. The Hall–Kier alpha value is -1.44. The van der Waals surface area contributed by atoms with Crippen molar-refractivity contribution in [1.29, 1.82) is 5.26 Å². The van der Waals surface area contributed by atoms with Crippen molar-refractivity contribution in [2.24, 2.45) is 5.92 Å². The Morgan fingerprint density at radius 2 is 2.53 bits per heavy atom. The number of ether oxygens (including phenoxy) is 1.